The number of hydrogen-bond donors (Lipinski definition) is 1. The van der Waals surface area contributed by atoms with Crippen LogP contribution >= 0.6 is 22.9 Å². The molecule has 16 heavy (non-hydrogen) atoms. The summed E-state index contributed by atoms with van der Waals surface area (Å²) in [4.78, 5) is 0.594. The van der Waals surface area contributed by atoms with E-state index in [1.54, 1.807) is 12.1 Å². The van der Waals surface area contributed by atoms with E-state index in [9.17, 15) is 13.9 Å². The van der Waals surface area contributed by atoms with Crippen LogP contribution < -0.4 is 0 Å². The van der Waals surface area contributed by atoms with Crippen molar-refractivity contribution in [2.24, 2.45) is 0 Å². The molecule has 1 aromatic heterocycles. The van der Waals surface area contributed by atoms with Gasteiger partial charge in [0.05, 0.1) is 4.34 Å². The summed E-state index contributed by atoms with van der Waals surface area (Å²) in [7, 11) is 0. The molecule has 2 rings (SSSR count). The summed E-state index contributed by atoms with van der Waals surface area (Å²) in [5, 5.41) is 9.88. The molecule has 0 amide bonds. The van der Waals surface area contributed by atoms with Crippen LogP contribution in [-0.2, 0) is 0 Å². The molecule has 1 unspecified atom stereocenters. The average molecular weight is 261 g/mol. The molecular formula is C11H7ClF2OS. The van der Waals surface area contributed by atoms with Gasteiger partial charge in [-0.3, -0.25) is 0 Å². The van der Waals surface area contributed by atoms with Crippen molar-refractivity contribution in [3.63, 3.8) is 0 Å². The molecule has 0 fully saturated rings. The summed E-state index contributed by atoms with van der Waals surface area (Å²) < 4.78 is 26.2. The van der Waals surface area contributed by atoms with E-state index in [0.29, 0.717) is 14.8 Å². The highest BCUT2D eigenvalue weighted by Crippen LogP contribution is 2.31. The van der Waals surface area contributed by atoms with Gasteiger partial charge in [-0.1, -0.05) is 17.7 Å². The molecule has 1 nitrogen and oxygen atoms in total. The second-order valence-electron chi connectivity index (χ2n) is 3.22. The van der Waals surface area contributed by atoms with Gasteiger partial charge in [0.15, 0.2) is 11.6 Å². The maximum absolute atomic E-state index is 13.0. The minimum atomic E-state index is -0.979. The van der Waals surface area contributed by atoms with Crippen molar-refractivity contribution < 1.29 is 13.9 Å². The van der Waals surface area contributed by atoms with E-state index in [2.05, 4.69) is 0 Å². The highest BCUT2D eigenvalue weighted by Gasteiger charge is 2.14. The van der Waals surface area contributed by atoms with Gasteiger partial charge in [0.25, 0.3) is 0 Å². The highest BCUT2D eigenvalue weighted by molar-refractivity contribution is 7.16. The zero-order valence-corrected chi connectivity index (χ0v) is 9.53. The average Bonchev–Trinajstić information content (AvgIpc) is 2.68. The summed E-state index contributed by atoms with van der Waals surface area (Å²) in [5.74, 6) is -1.90. The van der Waals surface area contributed by atoms with Crippen LogP contribution in [0.1, 0.15) is 16.5 Å². The SMILES string of the molecule is OC(c1ccc(F)c(F)c1)c1ccc(Cl)s1. The molecule has 0 aliphatic rings. The summed E-state index contributed by atoms with van der Waals surface area (Å²) >= 11 is 6.92. The normalized spacial score (nSPS) is 12.8. The van der Waals surface area contributed by atoms with Crippen LogP contribution in [0.5, 0.6) is 0 Å². The summed E-state index contributed by atoms with van der Waals surface area (Å²) in [6.45, 7) is 0. The van der Waals surface area contributed by atoms with Crippen molar-refractivity contribution in [2.45, 2.75) is 6.10 Å². The van der Waals surface area contributed by atoms with Gasteiger partial charge in [0.1, 0.15) is 6.10 Å². The molecule has 1 N–H and O–H groups in total. The predicted octanol–water partition coefficient (Wildman–Crippen LogP) is 3.76. The predicted molar refractivity (Wildman–Crippen MR) is 59.7 cm³/mol. The maximum atomic E-state index is 13.0. The Bertz CT molecular complexity index is 512. The van der Waals surface area contributed by atoms with Crippen molar-refractivity contribution in [1.82, 2.24) is 0 Å². The number of hydrogen-bond acceptors (Lipinski definition) is 2. The van der Waals surface area contributed by atoms with Crippen LogP contribution in [0.3, 0.4) is 0 Å². The monoisotopic (exact) mass is 260 g/mol. The maximum Gasteiger partial charge on any atom is 0.159 e. The van der Waals surface area contributed by atoms with E-state index in [4.69, 9.17) is 11.6 Å². The van der Waals surface area contributed by atoms with Crippen LogP contribution in [-0.4, -0.2) is 5.11 Å². The first-order chi connectivity index (χ1) is 7.58. The first-order valence-electron chi connectivity index (χ1n) is 4.46. The molecule has 0 saturated carbocycles. The first-order valence-corrected chi connectivity index (χ1v) is 5.65. The number of halogens is 3. The van der Waals surface area contributed by atoms with Crippen LogP contribution in [0.4, 0.5) is 8.78 Å². The Labute approximate surface area is 99.9 Å². The second kappa shape index (κ2) is 4.49. The van der Waals surface area contributed by atoms with Gasteiger partial charge in [-0.15, -0.1) is 11.3 Å². The number of benzene rings is 1. The lowest BCUT2D eigenvalue weighted by molar-refractivity contribution is 0.223. The van der Waals surface area contributed by atoms with Gasteiger partial charge in [-0.2, -0.15) is 0 Å². The topological polar surface area (TPSA) is 20.2 Å². The quantitative estimate of drug-likeness (QED) is 0.872. The van der Waals surface area contributed by atoms with E-state index >= 15 is 0 Å². The fraction of sp³-hybridized carbons (Fsp3) is 0.0909. The Kier molecular flexibility index (Phi) is 3.23. The van der Waals surface area contributed by atoms with Gasteiger partial charge in [0.2, 0.25) is 0 Å². The third-order valence-electron chi connectivity index (χ3n) is 2.12. The van der Waals surface area contributed by atoms with Crippen LogP contribution in [0, 0.1) is 11.6 Å². The number of thiophene rings is 1. The van der Waals surface area contributed by atoms with Gasteiger partial charge < -0.3 is 5.11 Å². The molecule has 0 aliphatic heterocycles. The number of rotatable bonds is 2. The smallest absolute Gasteiger partial charge is 0.159 e. The lowest BCUT2D eigenvalue weighted by Crippen LogP contribution is -1.98. The molecule has 0 saturated heterocycles. The minimum absolute atomic E-state index is 0.303. The van der Waals surface area contributed by atoms with Crippen molar-refractivity contribution in [3.8, 4) is 0 Å². The lowest BCUT2D eigenvalue weighted by Gasteiger charge is -2.08. The molecular weight excluding hydrogens is 254 g/mol. The van der Waals surface area contributed by atoms with Crippen LogP contribution in [0.15, 0.2) is 30.3 Å². The zero-order chi connectivity index (χ0) is 11.7. The first kappa shape index (κ1) is 11.5. The van der Waals surface area contributed by atoms with Gasteiger partial charge in [0, 0.05) is 4.88 Å². The molecule has 5 heteroatoms. The van der Waals surface area contributed by atoms with Crippen molar-refractivity contribution in [2.75, 3.05) is 0 Å². The Balaban J connectivity index is 2.33. The second-order valence-corrected chi connectivity index (χ2v) is 4.96. The standard InChI is InChI=1S/C11H7ClF2OS/c12-10-4-3-9(16-10)11(15)6-1-2-7(13)8(14)5-6/h1-5,11,15H. The summed E-state index contributed by atoms with van der Waals surface area (Å²) in [5.41, 5.74) is 0.303. The molecule has 1 atom stereocenters. The molecule has 0 bridgehead atoms. The fourth-order valence-corrected chi connectivity index (χ4v) is 2.40. The highest BCUT2D eigenvalue weighted by atomic mass is 35.5. The third-order valence-corrected chi connectivity index (χ3v) is 3.41. The summed E-state index contributed by atoms with van der Waals surface area (Å²) in [6, 6.07) is 6.61. The number of aliphatic hydroxyl groups is 1. The minimum Gasteiger partial charge on any atom is -0.383 e. The Morgan fingerprint density at radius 1 is 1.12 bits per heavy atom. The van der Waals surface area contributed by atoms with E-state index in [0.717, 1.165) is 12.1 Å². The molecule has 1 aromatic carbocycles. The molecule has 2 aromatic rings. The van der Waals surface area contributed by atoms with Gasteiger partial charge in [-0.05, 0) is 29.8 Å². The Morgan fingerprint density at radius 3 is 2.44 bits per heavy atom. The van der Waals surface area contributed by atoms with Crippen molar-refractivity contribution in [3.05, 3.63) is 56.7 Å². The molecule has 0 spiro atoms. The zero-order valence-electron chi connectivity index (χ0n) is 7.95. The van der Waals surface area contributed by atoms with E-state index < -0.39 is 17.7 Å². The third kappa shape index (κ3) is 2.24. The van der Waals surface area contributed by atoms with Gasteiger partial charge in [-0.25, -0.2) is 8.78 Å². The van der Waals surface area contributed by atoms with Crippen LogP contribution in [0.2, 0.25) is 4.34 Å². The Hall–Kier alpha value is -0.970. The van der Waals surface area contributed by atoms with Crippen LogP contribution in [0.25, 0.3) is 0 Å². The number of aliphatic hydroxyl groups excluding tert-OH is 1. The Morgan fingerprint density at radius 2 is 1.88 bits per heavy atom. The van der Waals surface area contributed by atoms with E-state index in [1.165, 1.54) is 17.4 Å². The fourth-order valence-electron chi connectivity index (χ4n) is 1.32. The van der Waals surface area contributed by atoms with E-state index in [-0.39, 0.29) is 0 Å². The lowest BCUT2D eigenvalue weighted by atomic mass is 10.1. The van der Waals surface area contributed by atoms with Gasteiger partial charge >= 0.3 is 0 Å². The van der Waals surface area contributed by atoms with Crippen molar-refractivity contribution in [1.29, 1.82) is 0 Å². The largest absolute Gasteiger partial charge is 0.383 e. The molecule has 0 aliphatic carbocycles. The summed E-state index contributed by atoms with van der Waals surface area (Å²) in [6.07, 6.45) is -0.979. The van der Waals surface area contributed by atoms with Crippen molar-refractivity contribution >= 4 is 22.9 Å². The molecule has 1 heterocycles. The van der Waals surface area contributed by atoms with E-state index in [1.807, 2.05) is 0 Å². The molecule has 0 radical (unpaired) electrons. The molecule has 84 valence electrons.